The van der Waals surface area contributed by atoms with Gasteiger partial charge in [-0.1, -0.05) is 6.07 Å². The van der Waals surface area contributed by atoms with Gasteiger partial charge in [0, 0.05) is 22.6 Å². The zero-order chi connectivity index (χ0) is 25.9. The lowest BCUT2D eigenvalue weighted by Crippen LogP contribution is -2.46. The molecule has 9 heteroatoms. The van der Waals surface area contributed by atoms with Crippen LogP contribution in [0.2, 0.25) is 0 Å². The van der Waals surface area contributed by atoms with Crippen LogP contribution in [0.25, 0.3) is 5.69 Å². The maximum absolute atomic E-state index is 12.8. The van der Waals surface area contributed by atoms with Crippen molar-refractivity contribution in [3.05, 3.63) is 76.6 Å². The van der Waals surface area contributed by atoms with E-state index < -0.39 is 22.0 Å². The largest absolute Gasteiger partial charge is 0.497 e. The number of sulfonamides is 1. The van der Waals surface area contributed by atoms with E-state index in [1.165, 1.54) is 25.2 Å². The molecule has 0 aliphatic rings. The number of aromatic nitrogens is 1. The van der Waals surface area contributed by atoms with Crippen molar-refractivity contribution in [1.82, 2.24) is 9.99 Å². The van der Waals surface area contributed by atoms with E-state index in [9.17, 15) is 13.2 Å². The zero-order valence-electron chi connectivity index (χ0n) is 21.2. The Kier molecular flexibility index (Phi) is 7.70. The molecule has 1 N–H and O–H groups in total. The highest BCUT2D eigenvalue weighted by molar-refractivity contribution is 7.92. The van der Waals surface area contributed by atoms with Crippen LogP contribution >= 0.6 is 0 Å². The molecule has 2 aromatic carbocycles. The summed E-state index contributed by atoms with van der Waals surface area (Å²) in [6, 6.07) is 13.8. The molecule has 1 amide bonds. The fourth-order valence-electron chi connectivity index (χ4n) is 4.19. The number of benzene rings is 2. The third-order valence-corrected chi connectivity index (χ3v) is 6.97. The summed E-state index contributed by atoms with van der Waals surface area (Å²) in [5.41, 5.74) is 9.13. The first-order valence-electron chi connectivity index (χ1n) is 11.2. The lowest BCUT2D eigenvalue weighted by molar-refractivity contribution is -0.121. The van der Waals surface area contributed by atoms with Crippen LogP contribution in [0.5, 0.6) is 5.75 Å². The smallest absolute Gasteiger partial charge is 0.263 e. The zero-order valence-corrected chi connectivity index (χ0v) is 22.0. The van der Waals surface area contributed by atoms with Gasteiger partial charge in [0.1, 0.15) is 11.8 Å². The Labute approximate surface area is 207 Å². The third kappa shape index (κ3) is 5.92. The fraction of sp³-hybridized carbons (Fsp3) is 0.308. The molecule has 8 nitrogen and oxygen atoms in total. The number of carbonyl (C=O) groups is 1. The Hall–Kier alpha value is -3.59. The summed E-state index contributed by atoms with van der Waals surface area (Å²) in [5.74, 6) is 0.0351. The van der Waals surface area contributed by atoms with Gasteiger partial charge in [-0.25, -0.2) is 13.8 Å². The predicted molar refractivity (Wildman–Crippen MR) is 140 cm³/mol. The molecule has 1 heterocycles. The van der Waals surface area contributed by atoms with Gasteiger partial charge in [-0.05, 0) is 88.2 Å². The average molecular weight is 497 g/mol. The van der Waals surface area contributed by atoms with E-state index in [-0.39, 0.29) is 0 Å². The summed E-state index contributed by atoms with van der Waals surface area (Å²) in [7, 11) is -2.20. The van der Waals surface area contributed by atoms with E-state index in [1.54, 1.807) is 30.5 Å². The Morgan fingerprint density at radius 1 is 1.06 bits per heavy atom. The van der Waals surface area contributed by atoms with Gasteiger partial charge >= 0.3 is 0 Å². The molecule has 3 rings (SSSR count). The molecule has 0 saturated heterocycles. The van der Waals surface area contributed by atoms with E-state index in [4.69, 9.17) is 4.74 Å². The molecule has 0 aliphatic heterocycles. The maximum Gasteiger partial charge on any atom is 0.263 e. The molecule has 0 aliphatic carbocycles. The van der Waals surface area contributed by atoms with E-state index in [0.29, 0.717) is 11.4 Å². The van der Waals surface area contributed by atoms with E-state index in [0.717, 1.165) is 33.2 Å². The van der Waals surface area contributed by atoms with Gasteiger partial charge in [-0.15, -0.1) is 0 Å². The number of carbonyl (C=O) groups excluding carboxylic acids is 1. The summed E-state index contributed by atoms with van der Waals surface area (Å²) < 4.78 is 33.3. The van der Waals surface area contributed by atoms with E-state index in [1.807, 2.05) is 19.9 Å². The van der Waals surface area contributed by atoms with Crippen molar-refractivity contribution in [2.45, 2.75) is 40.7 Å². The number of hydrazone groups is 1. The molecule has 1 unspecified atom stereocenters. The van der Waals surface area contributed by atoms with Gasteiger partial charge < -0.3 is 9.30 Å². The lowest BCUT2D eigenvalue weighted by atomic mass is 10.1. The maximum atomic E-state index is 12.8. The number of amides is 1. The van der Waals surface area contributed by atoms with Crippen LogP contribution in [-0.2, 0) is 14.8 Å². The van der Waals surface area contributed by atoms with Crippen LogP contribution in [0.4, 0.5) is 5.69 Å². The van der Waals surface area contributed by atoms with Crippen molar-refractivity contribution >= 4 is 27.8 Å². The van der Waals surface area contributed by atoms with Gasteiger partial charge in [0.05, 0.1) is 25.3 Å². The molecular weight excluding hydrogens is 464 g/mol. The highest BCUT2D eigenvalue weighted by Crippen LogP contribution is 2.24. The highest BCUT2D eigenvalue weighted by Gasteiger charge is 2.29. The monoisotopic (exact) mass is 496 g/mol. The molecule has 0 spiro atoms. The van der Waals surface area contributed by atoms with Gasteiger partial charge in [0.2, 0.25) is 10.0 Å². The Bertz CT molecular complexity index is 1340. The second-order valence-corrected chi connectivity index (χ2v) is 10.5. The van der Waals surface area contributed by atoms with E-state index >= 15 is 0 Å². The number of methoxy groups -OCH3 is 1. The third-order valence-electron chi connectivity index (χ3n) is 5.73. The van der Waals surface area contributed by atoms with Crippen LogP contribution in [0.3, 0.4) is 0 Å². The molecule has 0 radical (unpaired) electrons. The standard InChI is InChI=1S/C26H32N4O4S/c1-17-12-18(2)14-24(13-17)29-19(3)15-22(20(29)4)16-27-28-26(31)21(5)30(35(7,32)33)23-8-10-25(34-6)11-9-23/h8-16,21H,1-7H3,(H,28,31)/b27-16+. The summed E-state index contributed by atoms with van der Waals surface area (Å²) in [4.78, 5) is 12.8. The highest BCUT2D eigenvalue weighted by atomic mass is 32.2. The number of aryl methyl sites for hydroxylation is 3. The van der Waals surface area contributed by atoms with Crippen LogP contribution < -0.4 is 14.5 Å². The first-order chi connectivity index (χ1) is 16.4. The van der Waals surface area contributed by atoms with Crippen molar-refractivity contribution < 1.29 is 17.9 Å². The van der Waals surface area contributed by atoms with Crippen LogP contribution in [-0.4, -0.2) is 44.5 Å². The lowest BCUT2D eigenvalue weighted by Gasteiger charge is -2.27. The molecule has 1 atom stereocenters. The molecule has 0 saturated carbocycles. The quantitative estimate of drug-likeness (QED) is 0.377. The van der Waals surface area contributed by atoms with Crippen LogP contribution in [0.15, 0.2) is 53.6 Å². The van der Waals surface area contributed by atoms with Gasteiger partial charge in [0.15, 0.2) is 0 Å². The number of hydrogen-bond acceptors (Lipinski definition) is 5. The minimum Gasteiger partial charge on any atom is -0.497 e. The number of nitrogens with zero attached hydrogens (tertiary/aromatic N) is 3. The minimum atomic E-state index is -3.73. The first-order valence-corrected chi connectivity index (χ1v) is 13.0. The van der Waals surface area contributed by atoms with Crippen molar-refractivity contribution in [1.29, 1.82) is 0 Å². The summed E-state index contributed by atoms with van der Waals surface area (Å²) in [6.07, 6.45) is 2.64. The predicted octanol–water partition coefficient (Wildman–Crippen LogP) is 4.02. The molecule has 0 bridgehead atoms. The second-order valence-electron chi connectivity index (χ2n) is 8.67. The topological polar surface area (TPSA) is 93.0 Å². The number of rotatable bonds is 8. The molecule has 3 aromatic rings. The van der Waals surface area contributed by atoms with Gasteiger partial charge in [-0.2, -0.15) is 5.10 Å². The second kappa shape index (κ2) is 10.4. The number of anilines is 1. The van der Waals surface area contributed by atoms with Gasteiger partial charge in [0.25, 0.3) is 5.91 Å². The summed E-state index contributed by atoms with van der Waals surface area (Å²) in [5, 5.41) is 4.11. The van der Waals surface area contributed by atoms with Gasteiger partial charge in [-0.3, -0.25) is 9.10 Å². The average Bonchev–Trinajstić information content (AvgIpc) is 3.05. The Morgan fingerprint density at radius 3 is 2.20 bits per heavy atom. The Balaban J connectivity index is 1.80. The molecule has 186 valence electrons. The fourth-order valence-corrected chi connectivity index (χ4v) is 5.37. The van der Waals surface area contributed by atoms with Crippen molar-refractivity contribution in [2.24, 2.45) is 5.10 Å². The molecule has 35 heavy (non-hydrogen) atoms. The molecule has 1 aromatic heterocycles. The van der Waals surface area contributed by atoms with Crippen molar-refractivity contribution in [3.63, 3.8) is 0 Å². The summed E-state index contributed by atoms with van der Waals surface area (Å²) in [6.45, 7) is 9.65. The summed E-state index contributed by atoms with van der Waals surface area (Å²) >= 11 is 0. The van der Waals surface area contributed by atoms with E-state index in [2.05, 4.69) is 47.1 Å². The SMILES string of the molecule is COc1ccc(N(C(C)C(=O)N/N=C/c2cc(C)n(-c3cc(C)cc(C)c3)c2C)S(C)(=O)=O)cc1. The van der Waals surface area contributed by atoms with Crippen molar-refractivity contribution in [3.8, 4) is 11.4 Å². The first kappa shape index (κ1) is 26.0. The van der Waals surface area contributed by atoms with Crippen molar-refractivity contribution in [2.75, 3.05) is 17.7 Å². The number of hydrogen-bond donors (Lipinski definition) is 1. The van der Waals surface area contributed by atoms with Crippen LogP contribution in [0.1, 0.15) is 35.0 Å². The Morgan fingerprint density at radius 2 is 1.66 bits per heavy atom. The van der Waals surface area contributed by atoms with Crippen LogP contribution in [0, 0.1) is 27.7 Å². The minimum absolute atomic E-state index is 0.358. The number of ether oxygens (including phenoxy) is 1. The molecular formula is C26H32N4O4S. The molecule has 0 fully saturated rings. The normalized spacial score (nSPS) is 12.5. The number of nitrogens with one attached hydrogen (secondary N) is 1.